The minimum atomic E-state index is -0.432. The van der Waals surface area contributed by atoms with Crippen molar-refractivity contribution in [2.24, 2.45) is 5.84 Å². The van der Waals surface area contributed by atoms with E-state index in [9.17, 15) is 9.90 Å². The summed E-state index contributed by atoms with van der Waals surface area (Å²) < 4.78 is 0. The van der Waals surface area contributed by atoms with Crippen molar-refractivity contribution in [3.8, 4) is 0 Å². The van der Waals surface area contributed by atoms with Crippen LogP contribution >= 0.6 is 0 Å². The van der Waals surface area contributed by atoms with Gasteiger partial charge in [-0.25, -0.2) is 10.8 Å². The van der Waals surface area contributed by atoms with Crippen LogP contribution in [0.25, 0.3) is 0 Å². The maximum atomic E-state index is 12.2. The molecule has 0 aromatic carbocycles. The summed E-state index contributed by atoms with van der Waals surface area (Å²) in [6.45, 7) is 1.03. The molecule has 2 heterocycles. The lowest BCUT2D eigenvalue weighted by Crippen LogP contribution is -2.42. The average Bonchev–Trinajstić information content (AvgIpc) is 2.38. The van der Waals surface area contributed by atoms with Gasteiger partial charge in [0.05, 0.1) is 11.7 Å². The zero-order valence-corrected chi connectivity index (χ0v) is 9.47. The van der Waals surface area contributed by atoms with Crippen molar-refractivity contribution in [2.75, 3.05) is 18.5 Å². The quantitative estimate of drug-likeness (QED) is 0.495. The second-order valence-corrected chi connectivity index (χ2v) is 4.09. The maximum absolute atomic E-state index is 12.2. The van der Waals surface area contributed by atoms with Crippen LogP contribution in [0.1, 0.15) is 23.2 Å². The topological polar surface area (TPSA) is 91.5 Å². The monoisotopic (exact) mass is 236 g/mol. The van der Waals surface area contributed by atoms with E-state index in [1.54, 1.807) is 23.2 Å². The number of carbonyl (C=O) groups is 1. The van der Waals surface area contributed by atoms with E-state index in [0.29, 0.717) is 24.5 Å². The highest BCUT2D eigenvalue weighted by Gasteiger charge is 2.24. The molecule has 1 aliphatic rings. The molecule has 1 fully saturated rings. The Labute approximate surface area is 99.4 Å². The number of hydrogen-bond donors (Lipinski definition) is 3. The predicted octanol–water partition coefficient (Wildman–Crippen LogP) is -0.0359. The first-order valence-corrected chi connectivity index (χ1v) is 5.61. The first-order valence-electron chi connectivity index (χ1n) is 5.61. The Kier molecular flexibility index (Phi) is 3.55. The predicted molar refractivity (Wildman–Crippen MR) is 63.2 cm³/mol. The molecule has 17 heavy (non-hydrogen) atoms. The lowest BCUT2D eigenvalue weighted by Gasteiger charge is -2.30. The first-order chi connectivity index (χ1) is 8.22. The lowest BCUT2D eigenvalue weighted by atomic mass is 10.1. The van der Waals surface area contributed by atoms with Crippen LogP contribution in [0.15, 0.2) is 18.3 Å². The van der Waals surface area contributed by atoms with Gasteiger partial charge in [-0.1, -0.05) is 0 Å². The van der Waals surface area contributed by atoms with Crippen molar-refractivity contribution in [3.05, 3.63) is 23.9 Å². The van der Waals surface area contributed by atoms with Gasteiger partial charge in [0.15, 0.2) is 5.82 Å². The Hall–Kier alpha value is -1.66. The molecule has 4 N–H and O–H groups in total. The van der Waals surface area contributed by atoms with E-state index in [-0.39, 0.29) is 5.91 Å². The fraction of sp³-hybridized carbons (Fsp3) is 0.455. The summed E-state index contributed by atoms with van der Waals surface area (Å²) in [5.74, 6) is 5.52. The molecule has 1 unspecified atom stereocenters. The molecule has 1 aromatic rings. The number of hydrazine groups is 1. The number of aromatic nitrogens is 1. The van der Waals surface area contributed by atoms with Gasteiger partial charge in [-0.05, 0) is 25.0 Å². The summed E-state index contributed by atoms with van der Waals surface area (Å²) in [5, 5.41) is 9.55. The summed E-state index contributed by atoms with van der Waals surface area (Å²) in [4.78, 5) is 17.8. The number of piperidine rings is 1. The van der Waals surface area contributed by atoms with E-state index in [0.717, 1.165) is 12.8 Å². The van der Waals surface area contributed by atoms with Crippen molar-refractivity contribution < 1.29 is 9.90 Å². The number of carbonyl (C=O) groups excluding carboxylic acids is 1. The lowest BCUT2D eigenvalue weighted by molar-refractivity contribution is 0.0474. The normalized spacial score (nSPS) is 20.1. The molecule has 92 valence electrons. The van der Waals surface area contributed by atoms with Gasteiger partial charge in [0.1, 0.15) is 0 Å². The van der Waals surface area contributed by atoms with Crippen molar-refractivity contribution in [3.63, 3.8) is 0 Å². The smallest absolute Gasteiger partial charge is 0.257 e. The van der Waals surface area contributed by atoms with E-state index in [1.807, 2.05) is 0 Å². The summed E-state index contributed by atoms with van der Waals surface area (Å²) in [6.07, 6.45) is 2.70. The minimum absolute atomic E-state index is 0.148. The van der Waals surface area contributed by atoms with Crippen LogP contribution in [-0.4, -0.2) is 40.1 Å². The number of nitrogens with zero attached hydrogens (tertiary/aromatic N) is 2. The number of nitrogens with one attached hydrogen (secondary N) is 1. The molecule has 1 atom stereocenters. The number of amides is 1. The van der Waals surface area contributed by atoms with Crippen LogP contribution in [0.2, 0.25) is 0 Å². The summed E-state index contributed by atoms with van der Waals surface area (Å²) in [6, 6.07) is 3.36. The van der Waals surface area contributed by atoms with Crippen molar-refractivity contribution in [2.45, 2.75) is 18.9 Å². The van der Waals surface area contributed by atoms with Crippen molar-refractivity contribution >= 4 is 11.7 Å². The number of aliphatic hydroxyl groups excluding tert-OH is 1. The highest BCUT2D eigenvalue weighted by molar-refractivity contribution is 5.98. The van der Waals surface area contributed by atoms with Gasteiger partial charge in [0.25, 0.3) is 5.91 Å². The van der Waals surface area contributed by atoms with Gasteiger partial charge < -0.3 is 15.4 Å². The molecule has 6 heteroatoms. The molecule has 1 aliphatic heterocycles. The molecule has 0 saturated carbocycles. The Bertz CT molecular complexity index is 410. The molecule has 1 aromatic heterocycles. The Balaban J connectivity index is 2.18. The Morgan fingerprint density at radius 2 is 2.47 bits per heavy atom. The number of nitrogen functional groups attached to an aromatic ring is 1. The van der Waals surface area contributed by atoms with Gasteiger partial charge >= 0.3 is 0 Å². The third-order valence-electron chi connectivity index (χ3n) is 2.86. The SMILES string of the molecule is NNc1ncccc1C(=O)N1CCCC(O)C1. The fourth-order valence-corrected chi connectivity index (χ4v) is 2.00. The van der Waals surface area contributed by atoms with Crippen LogP contribution in [0.4, 0.5) is 5.82 Å². The summed E-state index contributed by atoms with van der Waals surface area (Å²) in [5.41, 5.74) is 2.84. The molecule has 0 spiro atoms. The maximum Gasteiger partial charge on any atom is 0.257 e. The number of β-amino-alcohol motifs (C(OH)–C–C–N with tert-alkyl or cyclic N) is 1. The third kappa shape index (κ3) is 2.54. The van der Waals surface area contributed by atoms with Crippen molar-refractivity contribution in [1.82, 2.24) is 9.88 Å². The van der Waals surface area contributed by atoms with Gasteiger partial charge in [-0.2, -0.15) is 0 Å². The molecule has 0 radical (unpaired) electrons. The molecule has 1 saturated heterocycles. The Morgan fingerprint density at radius 1 is 1.65 bits per heavy atom. The summed E-state index contributed by atoms with van der Waals surface area (Å²) >= 11 is 0. The molecule has 0 aliphatic carbocycles. The number of hydrogen-bond acceptors (Lipinski definition) is 5. The molecule has 6 nitrogen and oxygen atoms in total. The summed E-state index contributed by atoms with van der Waals surface area (Å²) in [7, 11) is 0. The van der Waals surface area contributed by atoms with E-state index < -0.39 is 6.10 Å². The zero-order valence-electron chi connectivity index (χ0n) is 9.47. The largest absolute Gasteiger partial charge is 0.391 e. The first kappa shape index (κ1) is 11.8. The third-order valence-corrected chi connectivity index (χ3v) is 2.86. The second-order valence-electron chi connectivity index (χ2n) is 4.09. The Morgan fingerprint density at radius 3 is 3.18 bits per heavy atom. The number of anilines is 1. The molecular formula is C11H16N4O2. The highest BCUT2D eigenvalue weighted by atomic mass is 16.3. The number of likely N-dealkylation sites (tertiary alicyclic amines) is 1. The highest BCUT2D eigenvalue weighted by Crippen LogP contribution is 2.17. The molecular weight excluding hydrogens is 220 g/mol. The van der Waals surface area contributed by atoms with Gasteiger partial charge in [-0.15, -0.1) is 0 Å². The van der Waals surface area contributed by atoms with Gasteiger partial charge in [0, 0.05) is 19.3 Å². The number of rotatable bonds is 2. The fourth-order valence-electron chi connectivity index (χ4n) is 2.00. The average molecular weight is 236 g/mol. The van der Waals surface area contributed by atoms with Crippen LogP contribution in [0.3, 0.4) is 0 Å². The number of aliphatic hydroxyl groups is 1. The van der Waals surface area contributed by atoms with Crippen LogP contribution in [0.5, 0.6) is 0 Å². The zero-order chi connectivity index (χ0) is 12.3. The van der Waals surface area contributed by atoms with E-state index >= 15 is 0 Å². The van der Waals surface area contributed by atoms with Gasteiger partial charge in [0.2, 0.25) is 0 Å². The molecule has 2 rings (SSSR count). The second kappa shape index (κ2) is 5.11. The molecule has 0 bridgehead atoms. The minimum Gasteiger partial charge on any atom is -0.391 e. The van der Waals surface area contributed by atoms with E-state index in [2.05, 4.69) is 10.4 Å². The van der Waals surface area contributed by atoms with Crippen LogP contribution in [0, 0.1) is 0 Å². The van der Waals surface area contributed by atoms with E-state index in [1.165, 1.54) is 0 Å². The standard InChI is InChI=1S/C11H16N4O2/c12-14-10-9(4-1-5-13-10)11(17)15-6-2-3-8(16)7-15/h1,4-5,8,16H,2-3,6-7,12H2,(H,13,14). The molecule has 1 amide bonds. The number of pyridine rings is 1. The van der Waals surface area contributed by atoms with Crippen LogP contribution < -0.4 is 11.3 Å². The van der Waals surface area contributed by atoms with Crippen LogP contribution in [-0.2, 0) is 0 Å². The van der Waals surface area contributed by atoms with Gasteiger partial charge in [-0.3, -0.25) is 4.79 Å². The van der Waals surface area contributed by atoms with Crippen molar-refractivity contribution in [1.29, 1.82) is 0 Å². The van der Waals surface area contributed by atoms with E-state index in [4.69, 9.17) is 5.84 Å². The number of nitrogens with two attached hydrogens (primary N) is 1.